The number of hydrogen-bond donors (Lipinski definition) is 2. The van der Waals surface area contributed by atoms with Crippen molar-refractivity contribution in [3.8, 4) is 5.75 Å². The van der Waals surface area contributed by atoms with Crippen molar-refractivity contribution in [3.63, 3.8) is 0 Å². The van der Waals surface area contributed by atoms with Gasteiger partial charge in [-0.25, -0.2) is 4.98 Å². The molecule has 29 heavy (non-hydrogen) atoms. The number of amides is 2. The third kappa shape index (κ3) is 6.99. The molecule has 0 aliphatic rings. The Morgan fingerprint density at radius 3 is 2.59 bits per heavy atom. The molecule has 2 N–H and O–H groups in total. The molecule has 156 valence electrons. The van der Waals surface area contributed by atoms with Crippen LogP contribution in [0.1, 0.15) is 22.9 Å². The van der Waals surface area contributed by atoms with Gasteiger partial charge in [0.1, 0.15) is 5.75 Å². The lowest BCUT2D eigenvalue weighted by atomic mass is 10.3. The quantitative estimate of drug-likeness (QED) is 0.635. The highest BCUT2D eigenvalue weighted by Crippen LogP contribution is 2.28. The highest BCUT2D eigenvalue weighted by Gasteiger charge is 2.37. The van der Waals surface area contributed by atoms with Crippen molar-refractivity contribution in [1.82, 2.24) is 15.6 Å². The molecule has 2 aromatic rings. The lowest BCUT2D eigenvalue weighted by Crippen LogP contribution is -2.30. The summed E-state index contributed by atoms with van der Waals surface area (Å²) in [6.45, 7) is 3.30. The molecule has 2 amide bonds. The van der Waals surface area contributed by atoms with Crippen LogP contribution in [0.5, 0.6) is 5.75 Å². The summed E-state index contributed by atoms with van der Waals surface area (Å²) in [5.41, 5.74) is 0.265. The molecule has 7 nitrogen and oxygen atoms in total. The van der Waals surface area contributed by atoms with Crippen molar-refractivity contribution in [2.45, 2.75) is 12.6 Å². The zero-order valence-electron chi connectivity index (χ0n) is 14.6. The fourth-order valence-corrected chi connectivity index (χ4v) is 2.22. The predicted molar refractivity (Wildman–Crippen MR) is 97.7 cm³/mol. The molecule has 0 bridgehead atoms. The molecule has 0 atom stereocenters. The molecule has 0 radical (unpaired) electrons. The molecule has 1 aromatic heterocycles. The fraction of sp³-hybridized carbons (Fsp3) is 0.235. The van der Waals surface area contributed by atoms with E-state index in [0.29, 0.717) is 17.0 Å². The van der Waals surface area contributed by atoms with Gasteiger partial charge in [-0.1, -0.05) is 29.8 Å². The second kappa shape index (κ2) is 9.66. The Hall–Kier alpha value is -2.72. The Kier molecular flexibility index (Phi) is 7.52. The fourth-order valence-electron chi connectivity index (χ4n) is 1.94. The second-order valence-electron chi connectivity index (χ2n) is 5.55. The van der Waals surface area contributed by atoms with Crippen molar-refractivity contribution < 1.29 is 31.9 Å². The molecule has 0 saturated carbocycles. The van der Waals surface area contributed by atoms with Gasteiger partial charge in [0, 0.05) is 24.7 Å². The van der Waals surface area contributed by atoms with Gasteiger partial charge >= 0.3 is 12.1 Å². The molecule has 0 fully saturated rings. The minimum Gasteiger partial charge on any atom is -0.484 e. The van der Waals surface area contributed by atoms with Gasteiger partial charge in [-0.15, -0.1) is 0 Å². The molecule has 1 heterocycles. The van der Waals surface area contributed by atoms with Gasteiger partial charge in [-0.2, -0.15) is 13.2 Å². The first-order chi connectivity index (χ1) is 13.6. The zero-order valence-corrected chi connectivity index (χ0v) is 16.1. The van der Waals surface area contributed by atoms with E-state index < -0.39 is 29.6 Å². The summed E-state index contributed by atoms with van der Waals surface area (Å²) in [5.74, 6) is -3.13. The van der Waals surface area contributed by atoms with Gasteiger partial charge in [0.2, 0.25) is 5.76 Å². The Morgan fingerprint density at radius 2 is 1.97 bits per heavy atom. The van der Waals surface area contributed by atoms with Crippen LogP contribution in [0.2, 0.25) is 10.0 Å². The number of aromatic nitrogens is 1. The molecule has 0 aliphatic carbocycles. The molecule has 0 unspecified atom stereocenters. The molecule has 0 saturated heterocycles. The van der Waals surface area contributed by atoms with Crippen LogP contribution in [0, 0.1) is 0 Å². The number of carbonyl (C=O) groups is 2. The van der Waals surface area contributed by atoms with Crippen LogP contribution in [0.3, 0.4) is 0 Å². The highest BCUT2D eigenvalue weighted by atomic mass is 35.5. The van der Waals surface area contributed by atoms with Gasteiger partial charge < -0.3 is 19.8 Å². The summed E-state index contributed by atoms with van der Waals surface area (Å²) < 4.78 is 46.8. The van der Waals surface area contributed by atoms with Crippen molar-refractivity contribution >= 4 is 35.0 Å². The topological polar surface area (TPSA) is 93.5 Å². The van der Waals surface area contributed by atoms with E-state index in [1.807, 2.05) is 0 Å². The van der Waals surface area contributed by atoms with Crippen molar-refractivity contribution in [2.24, 2.45) is 0 Å². The minimum atomic E-state index is -4.78. The maximum absolute atomic E-state index is 12.4. The van der Waals surface area contributed by atoms with Crippen LogP contribution in [-0.2, 0) is 11.0 Å². The van der Waals surface area contributed by atoms with E-state index in [9.17, 15) is 22.8 Å². The molecular formula is C17H14Cl2F3N3O4. The van der Waals surface area contributed by atoms with Gasteiger partial charge in [0.25, 0.3) is 11.8 Å². The standard InChI is InChI=1S/C17H14Cl2F3N3O4/c1-9(25-14(26)8-28-10-2-3-11(18)12(19)6-10)4-5-23-15(27)13-7-24-16(29-13)17(20,21)22/h2-3,6-7H,1,4-5,8H2,(H,23,27)(H,25,26). The van der Waals surface area contributed by atoms with Crippen LogP contribution in [0.25, 0.3) is 0 Å². The van der Waals surface area contributed by atoms with Crippen LogP contribution in [-0.4, -0.2) is 29.9 Å². The van der Waals surface area contributed by atoms with Crippen molar-refractivity contribution in [2.75, 3.05) is 13.2 Å². The maximum atomic E-state index is 12.4. The largest absolute Gasteiger partial charge is 0.484 e. The number of alkyl halides is 3. The first-order valence-corrected chi connectivity index (χ1v) is 8.68. The smallest absolute Gasteiger partial charge is 0.468 e. The summed E-state index contributed by atoms with van der Waals surface area (Å²) in [4.78, 5) is 26.5. The number of nitrogens with one attached hydrogen (secondary N) is 2. The third-order valence-electron chi connectivity index (χ3n) is 3.26. The Balaban J connectivity index is 1.70. The Labute approximate surface area is 172 Å². The van der Waals surface area contributed by atoms with Crippen LogP contribution in [0.4, 0.5) is 13.2 Å². The lowest BCUT2D eigenvalue weighted by molar-refractivity contribution is -0.157. The molecule has 1 aromatic carbocycles. The molecule has 12 heteroatoms. The van der Waals surface area contributed by atoms with Gasteiger partial charge in [-0.05, 0) is 12.1 Å². The number of rotatable bonds is 8. The second-order valence-corrected chi connectivity index (χ2v) is 6.36. The first kappa shape index (κ1) is 22.6. The number of oxazole rings is 1. The van der Waals surface area contributed by atoms with Crippen LogP contribution >= 0.6 is 23.2 Å². The van der Waals surface area contributed by atoms with Gasteiger partial charge in [-0.3, -0.25) is 9.59 Å². The predicted octanol–water partition coefficient (Wildman–Crippen LogP) is 3.83. The summed E-state index contributed by atoms with van der Waals surface area (Å²) in [6.07, 6.45) is -3.98. The molecule has 0 spiro atoms. The average molecular weight is 452 g/mol. The van der Waals surface area contributed by atoms with Crippen LogP contribution < -0.4 is 15.4 Å². The SMILES string of the molecule is C=C(CCNC(=O)c1cnc(C(F)(F)F)o1)NC(=O)COc1ccc(Cl)c(Cl)c1. The Morgan fingerprint density at radius 1 is 1.24 bits per heavy atom. The first-order valence-electron chi connectivity index (χ1n) is 7.93. The van der Waals surface area contributed by atoms with Crippen molar-refractivity contribution in [1.29, 1.82) is 0 Å². The maximum Gasteiger partial charge on any atom is 0.468 e. The van der Waals surface area contributed by atoms with E-state index in [1.165, 1.54) is 12.1 Å². The summed E-state index contributed by atoms with van der Waals surface area (Å²) in [6, 6.07) is 4.51. The number of carbonyl (C=O) groups excluding carboxylic acids is 2. The Bertz CT molecular complexity index is 916. The van der Waals surface area contributed by atoms with E-state index >= 15 is 0 Å². The van der Waals surface area contributed by atoms with E-state index in [2.05, 4.69) is 26.6 Å². The monoisotopic (exact) mass is 451 g/mol. The molecule has 0 aliphatic heterocycles. The van der Waals surface area contributed by atoms with Gasteiger partial charge in [0.05, 0.1) is 16.2 Å². The van der Waals surface area contributed by atoms with E-state index in [4.69, 9.17) is 27.9 Å². The van der Waals surface area contributed by atoms with Gasteiger partial charge in [0.15, 0.2) is 6.61 Å². The lowest BCUT2D eigenvalue weighted by Gasteiger charge is -2.10. The summed E-state index contributed by atoms with van der Waals surface area (Å²) in [5, 5.41) is 5.41. The number of ether oxygens (including phenoxy) is 1. The average Bonchev–Trinajstić information content (AvgIpc) is 3.13. The molecule has 2 rings (SSSR count). The molecular weight excluding hydrogens is 438 g/mol. The van der Waals surface area contributed by atoms with Crippen molar-refractivity contribution in [3.05, 3.63) is 58.4 Å². The minimum absolute atomic E-state index is 0.00630. The number of benzene rings is 1. The summed E-state index contributed by atoms with van der Waals surface area (Å²) >= 11 is 11.6. The van der Waals surface area contributed by atoms with E-state index in [-0.39, 0.29) is 30.3 Å². The third-order valence-corrected chi connectivity index (χ3v) is 4.00. The van der Waals surface area contributed by atoms with Crippen LogP contribution in [0.15, 0.2) is 41.1 Å². The normalized spacial score (nSPS) is 11.1. The zero-order chi connectivity index (χ0) is 21.6. The highest BCUT2D eigenvalue weighted by molar-refractivity contribution is 6.42. The number of halogens is 5. The summed E-state index contributed by atoms with van der Waals surface area (Å²) in [7, 11) is 0. The number of nitrogens with zero attached hydrogens (tertiary/aromatic N) is 1. The van der Waals surface area contributed by atoms with E-state index in [0.717, 1.165) is 0 Å². The number of hydrogen-bond acceptors (Lipinski definition) is 5. The van der Waals surface area contributed by atoms with E-state index in [1.54, 1.807) is 6.07 Å².